The zero-order valence-electron chi connectivity index (χ0n) is 13.3. The fraction of sp³-hybridized carbons (Fsp3) is 0.0952. The average molecular weight is 520 g/mol. The van der Waals surface area contributed by atoms with Crippen molar-refractivity contribution in [3.63, 3.8) is 0 Å². The molecule has 0 aromatic heterocycles. The molecule has 0 saturated heterocycles. The molecule has 24 heavy (non-hydrogen) atoms. The van der Waals surface area contributed by atoms with Crippen molar-refractivity contribution in [1.82, 2.24) is 0 Å². The van der Waals surface area contributed by atoms with Crippen molar-refractivity contribution in [3.8, 4) is 11.1 Å². The van der Waals surface area contributed by atoms with E-state index in [4.69, 9.17) is 0 Å². The molecule has 0 fully saturated rings. The van der Waals surface area contributed by atoms with Gasteiger partial charge in [-0.25, -0.2) is 12.1 Å². The van der Waals surface area contributed by atoms with Gasteiger partial charge in [0.15, 0.2) is 0 Å². The van der Waals surface area contributed by atoms with E-state index in [0.29, 0.717) is 5.92 Å². The molecule has 0 N–H and O–H groups in total. The summed E-state index contributed by atoms with van der Waals surface area (Å²) in [5, 5.41) is 0. The molecule has 3 aromatic carbocycles. The summed E-state index contributed by atoms with van der Waals surface area (Å²) in [6, 6.07) is 28.3. The van der Waals surface area contributed by atoms with Crippen molar-refractivity contribution in [2.75, 3.05) is 0 Å². The molecular weight excluding hydrogens is 502 g/mol. The molecule has 1 aliphatic rings. The van der Waals surface area contributed by atoms with E-state index in [1.165, 1.54) is 22.3 Å². The minimum Gasteiger partial charge on any atom is -1.00 e. The van der Waals surface area contributed by atoms with Crippen LogP contribution in [0, 0.1) is 6.07 Å². The Kier molecular flexibility index (Phi) is 11.0. The van der Waals surface area contributed by atoms with Gasteiger partial charge in [-0.3, -0.25) is 0 Å². The molecule has 0 aliphatic heterocycles. The summed E-state index contributed by atoms with van der Waals surface area (Å²) in [5.41, 5.74) is 5.44. The van der Waals surface area contributed by atoms with Crippen molar-refractivity contribution >= 4 is 0 Å². The first-order valence-electron chi connectivity index (χ1n) is 7.29. The van der Waals surface area contributed by atoms with Gasteiger partial charge in [-0.05, 0) is 17.9 Å². The van der Waals surface area contributed by atoms with Crippen molar-refractivity contribution < 1.29 is 50.7 Å². The van der Waals surface area contributed by atoms with Crippen LogP contribution < -0.4 is 24.8 Å². The Morgan fingerprint density at radius 3 is 2.25 bits per heavy atom. The number of hydrogen-bond acceptors (Lipinski definition) is 0. The molecule has 3 aromatic rings. The molecule has 0 radical (unpaired) electrons. The monoisotopic (exact) mass is 520 g/mol. The maximum Gasteiger partial charge on any atom is 4.00 e. The van der Waals surface area contributed by atoms with E-state index in [-0.39, 0.29) is 50.7 Å². The molecule has 3 heteroatoms. The molecule has 0 saturated carbocycles. The Morgan fingerprint density at radius 1 is 0.958 bits per heavy atom. The third-order valence-electron chi connectivity index (χ3n) is 3.82. The Balaban J connectivity index is 0.000000578. The van der Waals surface area contributed by atoms with Crippen molar-refractivity contribution in [2.24, 2.45) is 0 Å². The van der Waals surface area contributed by atoms with E-state index in [0.717, 1.165) is 6.42 Å². The third kappa shape index (κ3) is 4.99. The number of allylic oxidation sites excluding steroid dienone is 1. The topological polar surface area (TPSA) is 0 Å². The van der Waals surface area contributed by atoms with Crippen molar-refractivity contribution in [2.45, 2.75) is 12.3 Å². The molecule has 0 bridgehead atoms. The largest absolute Gasteiger partial charge is 4.00 e. The molecule has 0 heterocycles. The van der Waals surface area contributed by atoms with Crippen LogP contribution >= 0.6 is 0 Å². The number of hydrogen-bond donors (Lipinski definition) is 0. The molecule has 1 unspecified atom stereocenters. The SMILES string of the molecule is C=CCC1c2[c-]cccc2-c2ccccc21.[Cl-].[Cl-].[Hf+4].c1cc[cH-]c1. The first-order chi connectivity index (χ1) is 10.4. The Labute approximate surface area is 176 Å². The normalized spacial score (nSPS) is 12.8. The number of halogens is 2. The van der Waals surface area contributed by atoms with Crippen LogP contribution in [0.4, 0.5) is 0 Å². The van der Waals surface area contributed by atoms with Gasteiger partial charge in [0.05, 0.1) is 0 Å². The summed E-state index contributed by atoms with van der Waals surface area (Å²) in [7, 11) is 0. The smallest absolute Gasteiger partial charge is 1.00 e. The van der Waals surface area contributed by atoms with Gasteiger partial charge in [0.25, 0.3) is 0 Å². The molecule has 4 rings (SSSR count). The van der Waals surface area contributed by atoms with Crippen LogP contribution in [0.1, 0.15) is 23.5 Å². The minimum absolute atomic E-state index is 0. The minimum atomic E-state index is 0. The predicted molar refractivity (Wildman–Crippen MR) is 89.4 cm³/mol. The Hall–Kier alpha value is -1.02. The van der Waals surface area contributed by atoms with Crippen LogP contribution in [-0.4, -0.2) is 0 Å². The summed E-state index contributed by atoms with van der Waals surface area (Å²) in [4.78, 5) is 0. The molecule has 0 nitrogen and oxygen atoms in total. The molecule has 120 valence electrons. The summed E-state index contributed by atoms with van der Waals surface area (Å²) in [6.45, 7) is 3.86. The van der Waals surface area contributed by atoms with Crippen LogP contribution in [0.3, 0.4) is 0 Å². The van der Waals surface area contributed by atoms with Gasteiger partial charge in [-0.1, -0.05) is 35.9 Å². The van der Waals surface area contributed by atoms with E-state index < -0.39 is 0 Å². The maximum atomic E-state index is 3.86. The van der Waals surface area contributed by atoms with Crippen molar-refractivity contribution in [3.05, 3.63) is 103 Å². The fourth-order valence-electron chi connectivity index (χ4n) is 2.91. The van der Waals surface area contributed by atoms with Crippen LogP contribution in [0.5, 0.6) is 0 Å². The van der Waals surface area contributed by atoms with Gasteiger partial charge in [0.2, 0.25) is 0 Å². The second kappa shape index (κ2) is 11.5. The number of benzene rings is 2. The van der Waals surface area contributed by atoms with E-state index in [1.54, 1.807) is 0 Å². The van der Waals surface area contributed by atoms with Crippen LogP contribution in [-0.2, 0) is 25.8 Å². The molecule has 1 atom stereocenters. The zero-order chi connectivity index (χ0) is 14.5. The van der Waals surface area contributed by atoms with Crippen LogP contribution in [0.15, 0.2) is 85.5 Å². The van der Waals surface area contributed by atoms with Crippen LogP contribution in [0.25, 0.3) is 11.1 Å². The molecular formula is C21H18Cl2Hf. The second-order valence-electron chi connectivity index (χ2n) is 5.12. The number of fused-ring (bicyclic) bond motifs is 3. The molecule has 0 spiro atoms. The maximum absolute atomic E-state index is 3.86. The van der Waals surface area contributed by atoms with Gasteiger partial charge < -0.3 is 24.8 Å². The number of rotatable bonds is 2. The van der Waals surface area contributed by atoms with Gasteiger partial charge in [-0.2, -0.15) is 42.5 Å². The van der Waals surface area contributed by atoms with Crippen molar-refractivity contribution in [1.29, 1.82) is 0 Å². The molecule has 1 aliphatic carbocycles. The second-order valence-corrected chi connectivity index (χ2v) is 5.12. The summed E-state index contributed by atoms with van der Waals surface area (Å²) in [6.07, 6.45) is 2.99. The predicted octanol–water partition coefficient (Wildman–Crippen LogP) is -0.414. The summed E-state index contributed by atoms with van der Waals surface area (Å²) >= 11 is 0. The first-order valence-corrected chi connectivity index (χ1v) is 7.29. The zero-order valence-corrected chi connectivity index (χ0v) is 18.4. The van der Waals surface area contributed by atoms with Gasteiger partial charge in [0, 0.05) is 0 Å². The fourth-order valence-corrected chi connectivity index (χ4v) is 2.91. The Morgan fingerprint density at radius 2 is 1.62 bits per heavy atom. The Bertz CT molecular complexity index is 657. The van der Waals surface area contributed by atoms with E-state index in [2.05, 4.69) is 49.0 Å². The van der Waals surface area contributed by atoms with E-state index in [1.807, 2.05) is 42.5 Å². The van der Waals surface area contributed by atoms with Crippen LogP contribution in [0.2, 0.25) is 0 Å². The van der Waals surface area contributed by atoms with Gasteiger partial charge in [-0.15, -0.1) is 17.7 Å². The standard InChI is InChI=1S/C16H13.C5H5.2ClH.Hf/c1-2-7-12-13-8-3-5-10-15(13)16-11-6-4-9-14(12)16;1-2-4-5-3-1;;;/h2-6,8,10-12H,1,7H2;1-5H;2*1H;/q2*-1;;;+4/p-2. The third-order valence-corrected chi connectivity index (χ3v) is 3.82. The van der Waals surface area contributed by atoms with Gasteiger partial charge >= 0.3 is 25.8 Å². The van der Waals surface area contributed by atoms with Gasteiger partial charge in [0.1, 0.15) is 0 Å². The van der Waals surface area contributed by atoms with E-state index in [9.17, 15) is 0 Å². The molecule has 0 amide bonds. The first kappa shape index (κ1) is 23.0. The summed E-state index contributed by atoms with van der Waals surface area (Å²) in [5.74, 6) is 0.449. The quantitative estimate of drug-likeness (QED) is 0.245. The summed E-state index contributed by atoms with van der Waals surface area (Å²) < 4.78 is 0. The van der Waals surface area contributed by atoms with E-state index >= 15 is 0 Å². The average Bonchev–Trinajstić information content (AvgIpc) is 3.20.